The smallest absolute Gasteiger partial charge is 0.346 e. The first-order valence-electron chi connectivity index (χ1n) is 5.15. The number of carbonyl (C=O) groups is 1. The Kier molecular flexibility index (Phi) is 4.79. The molecule has 0 fully saturated rings. The van der Waals surface area contributed by atoms with Gasteiger partial charge < -0.3 is 14.8 Å². The summed E-state index contributed by atoms with van der Waals surface area (Å²) in [6.45, 7) is 2.47. The van der Waals surface area contributed by atoms with Crippen molar-refractivity contribution >= 4 is 5.97 Å². The molecule has 0 saturated heterocycles. The van der Waals surface area contributed by atoms with Crippen LogP contribution < -0.4 is 10.1 Å². The van der Waals surface area contributed by atoms with Crippen LogP contribution in [0.4, 0.5) is 0 Å². The van der Waals surface area contributed by atoms with E-state index in [-0.39, 0.29) is 5.97 Å². The van der Waals surface area contributed by atoms with Gasteiger partial charge in [-0.3, -0.25) is 0 Å². The fourth-order valence-electron chi connectivity index (χ4n) is 1.31. The van der Waals surface area contributed by atoms with Crippen molar-refractivity contribution in [1.29, 1.82) is 0 Å². The van der Waals surface area contributed by atoms with E-state index in [4.69, 9.17) is 4.74 Å². The lowest BCUT2D eigenvalue weighted by Crippen LogP contribution is -2.24. The molecule has 1 aromatic rings. The molecule has 0 spiro atoms. The highest BCUT2D eigenvalue weighted by atomic mass is 16.6. The van der Waals surface area contributed by atoms with Gasteiger partial charge in [-0.1, -0.05) is 12.1 Å². The molecule has 0 aliphatic carbocycles. The van der Waals surface area contributed by atoms with Crippen molar-refractivity contribution in [1.82, 2.24) is 5.32 Å². The number of esters is 1. The molecule has 0 aliphatic rings. The van der Waals surface area contributed by atoms with Gasteiger partial charge in [-0.05, 0) is 31.7 Å². The lowest BCUT2D eigenvalue weighted by Gasteiger charge is -2.12. The first-order chi connectivity index (χ1) is 7.67. The zero-order chi connectivity index (χ0) is 12.0. The Morgan fingerprint density at radius 1 is 1.38 bits per heavy atom. The molecule has 0 saturated carbocycles. The summed E-state index contributed by atoms with van der Waals surface area (Å²) in [5.41, 5.74) is 1.17. The molecule has 0 amide bonds. The van der Waals surface area contributed by atoms with Crippen LogP contribution in [-0.4, -0.2) is 26.2 Å². The summed E-state index contributed by atoms with van der Waals surface area (Å²) in [4.78, 5) is 11.1. The van der Waals surface area contributed by atoms with Crippen molar-refractivity contribution < 1.29 is 14.3 Å². The molecule has 0 bridgehead atoms. The lowest BCUT2D eigenvalue weighted by atomic mass is 10.2. The highest BCUT2D eigenvalue weighted by Crippen LogP contribution is 2.14. The second kappa shape index (κ2) is 6.12. The van der Waals surface area contributed by atoms with E-state index in [2.05, 4.69) is 10.1 Å². The highest BCUT2D eigenvalue weighted by molar-refractivity contribution is 5.74. The predicted octanol–water partition coefficient (Wildman–Crippen LogP) is 1.35. The Morgan fingerprint density at radius 2 is 2.00 bits per heavy atom. The van der Waals surface area contributed by atoms with Crippen molar-refractivity contribution in [2.45, 2.75) is 19.6 Å². The van der Waals surface area contributed by atoms with E-state index in [1.54, 1.807) is 6.92 Å². The summed E-state index contributed by atoms with van der Waals surface area (Å²) in [5, 5.41) is 3.06. The number of carbonyl (C=O) groups excluding carboxylic acids is 1. The molecular formula is C12H17NO3. The van der Waals surface area contributed by atoms with E-state index in [9.17, 15) is 4.79 Å². The molecule has 0 heterocycles. The molecular weight excluding hydrogens is 206 g/mol. The quantitative estimate of drug-likeness (QED) is 0.765. The third-order valence-electron chi connectivity index (χ3n) is 2.15. The molecule has 1 atom stereocenters. The van der Waals surface area contributed by atoms with E-state index < -0.39 is 6.10 Å². The third-order valence-corrected chi connectivity index (χ3v) is 2.15. The van der Waals surface area contributed by atoms with E-state index >= 15 is 0 Å². The van der Waals surface area contributed by atoms with E-state index in [1.165, 1.54) is 12.7 Å². The maximum absolute atomic E-state index is 11.1. The summed E-state index contributed by atoms with van der Waals surface area (Å²) in [6, 6.07) is 7.59. The van der Waals surface area contributed by atoms with Crippen molar-refractivity contribution in [3.05, 3.63) is 29.8 Å². The molecule has 4 heteroatoms. The number of benzene rings is 1. The average molecular weight is 223 g/mol. The number of methoxy groups -OCH3 is 1. The van der Waals surface area contributed by atoms with Crippen LogP contribution in [0, 0.1) is 0 Å². The van der Waals surface area contributed by atoms with Gasteiger partial charge in [0.25, 0.3) is 0 Å². The van der Waals surface area contributed by atoms with Crippen LogP contribution in [0.3, 0.4) is 0 Å². The van der Waals surface area contributed by atoms with Crippen molar-refractivity contribution in [3.8, 4) is 5.75 Å². The Labute approximate surface area is 95.6 Å². The van der Waals surface area contributed by atoms with Gasteiger partial charge in [0, 0.05) is 6.54 Å². The SMILES string of the molecule is CNCc1ccc(OC(C)C(=O)OC)cc1. The van der Waals surface area contributed by atoms with Crippen LogP contribution in [0.1, 0.15) is 12.5 Å². The fourth-order valence-corrected chi connectivity index (χ4v) is 1.31. The summed E-state index contributed by atoms with van der Waals surface area (Å²) in [7, 11) is 3.24. The Morgan fingerprint density at radius 3 is 2.50 bits per heavy atom. The minimum atomic E-state index is -0.583. The zero-order valence-corrected chi connectivity index (χ0v) is 9.82. The van der Waals surface area contributed by atoms with Gasteiger partial charge in [0.15, 0.2) is 6.10 Å². The number of rotatable bonds is 5. The van der Waals surface area contributed by atoms with Crippen LogP contribution in [-0.2, 0) is 16.1 Å². The van der Waals surface area contributed by atoms with Crippen molar-refractivity contribution in [3.63, 3.8) is 0 Å². The van der Waals surface area contributed by atoms with Crippen LogP contribution in [0.2, 0.25) is 0 Å². The second-order valence-electron chi connectivity index (χ2n) is 3.46. The summed E-state index contributed by atoms with van der Waals surface area (Å²) in [6.07, 6.45) is -0.583. The highest BCUT2D eigenvalue weighted by Gasteiger charge is 2.14. The summed E-state index contributed by atoms with van der Waals surface area (Å²) >= 11 is 0. The normalized spacial score (nSPS) is 11.9. The first-order valence-corrected chi connectivity index (χ1v) is 5.15. The molecule has 0 aliphatic heterocycles. The van der Waals surface area contributed by atoms with Gasteiger partial charge >= 0.3 is 5.97 Å². The Bertz CT molecular complexity index is 335. The summed E-state index contributed by atoms with van der Waals surface area (Å²) in [5.74, 6) is 0.289. The van der Waals surface area contributed by atoms with Crippen LogP contribution >= 0.6 is 0 Å². The maximum Gasteiger partial charge on any atom is 0.346 e. The standard InChI is InChI=1S/C12H17NO3/c1-9(12(14)15-3)16-11-6-4-10(5-7-11)8-13-2/h4-7,9,13H,8H2,1-3H3. The first kappa shape index (κ1) is 12.5. The Balaban J connectivity index is 2.58. The molecule has 0 aromatic heterocycles. The Hall–Kier alpha value is -1.55. The van der Waals surface area contributed by atoms with E-state index in [1.807, 2.05) is 31.3 Å². The number of ether oxygens (including phenoxy) is 2. The van der Waals surface area contributed by atoms with Gasteiger partial charge in [0.2, 0.25) is 0 Å². The minimum Gasteiger partial charge on any atom is -0.479 e. The minimum absolute atomic E-state index is 0.376. The topological polar surface area (TPSA) is 47.6 Å². The maximum atomic E-state index is 11.1. The molecule has 1 rings (SSSR count). The van der Waals surface area contributed by atoms with E-state index in [0.29, 0.717) is 5.75 Å². The molecule has 1 aromatic carbocycles. The molecule has 88 valence electrons. The third kappa shape index (κ3) is 3.55. The predicted molar refractivity (Wildman–Crippen MR) is 61.3 cm³/mol. The van der Waals surface area contributed by atoms with Crippen LogP contribution in [0.25, 0.3) is 0 Å². The van der Waals surface area contributed by atoms with Crippen molar-refractivity contribution in [2.24, 2.45) is 0 Å². The van der Waals surface area contributed by atoms with Gasteiger partial charge in [0.05, 0.1) is 7.11 Å². The zero-order valence-electron chi connectivity index (χ0n) is 9.82. The van der Waals surface area contributed by atoms with Gasteiger partial charge in [-0.2, -0.15) is 0 Å². The van der Waals surface area contributed by atoms with Crippen LogP contribution in [0.15, 0.2) is 24.3 Å². The molecule has 4 nitrogen and oxygen atoms in total. The lowest BCUT2D eigenvalue weighted by molar-refractivity contribution is -0.147. The molecule has 1 unspecified atom stereocenters. The van der Waals surface area contributed by atoms with Gasteiger partial charge in [-0.25, -0.2) is 4.79 Å². The average Bonchev–Trinajstić information content (AvgIpc) is 2.31. The summed E-state index contributed by atoms with van der Waals surface area (Å²) < 4.78 is 9.98. The molecule has 1 N–H and O–H groups in total. The van der Waals surface area contributed by atoms with Gasteiger partial charge in [-0.15, -0.1) is 0 Å². The van der Waals surface area contributed by atoms with E-state index in [0.717, 1.165) is 6.54 Å². The molecule has 16 heavy (non-hydrogen) atoms. The van der Waals surface area contributed by atoms with Gasteiger partial charge in [0.1, 0.15) is 5.75 Å². The molecule has 0 radical (unpaired) electrons. The number of hydrogen-bond donors (Lipinski definition) is 1. The largest absolute Gasteiger partial charge is 0.479 e. The second-order valence-corrected chi connectivity index (χ2v) is 3.46. The number of hydrogen-bond acceptors (Lipinski definition) is 4. The number of nitrogens with one attached hydrogen (secondary N) is 1. The van der Waals surface area contributed by atoms with Crippen LogP contribution in [0.5, 0.6) is 5.75 Å². The van der Waals surface area contributed by atoms with Crippen molar-refractivity contribution in [2.75, 3.05) is 14.2 Å². The fraction of sp³-hybridized carbons (Fsp3) is 0.417. The monoisotopic (exact) mass is 223 g/mol.